The van der Waals surface area contributed by atoms with Gasteiger partial charge in [0.15, 0.2) is 0 Å². The van der Waals surface area contributed by atoms with Crippen molar-refractivity contribution >= 4 is 16.6 Å². The molecule has 3 heteroatoms. The Morgan fingerprint density at radius 3 is 2.83 bits per heavy atom. The smallest absolute Gasteiger partial charge is 0.0479 e. The van der Waals surface area contributed by atoms with E-state index in [-0.39, 0.29) is 0 Å². The van der Waals surface area contributed by atoms with Crippen LogP contribution in [0.15, 0.2) is 18.2 Å². The number of fused-ring (bicyclic) bond motifs is 1. The lowest BCUT2D eigenvalue weighted by Crippen LogP contribution is -2.33. The van der Waals surface area contributed by atoms with E-state index in [4.69, 9.17) is 0 Å². The lowest BCUT2D eigenvalue weighted by atomic mass is 10.1. The zero-order valence-corrected chi connectivity index (χ0v) is 11.4. The van der Waals surface area contributed by atoms with Crippen LogP contribution in [0.2, 0.25) is 0 Å². The van der Waals surface area contributed by atoms with Crippen molar-refractivity contribution in [2.24, 2.45) is 0 Å². The molecule has 2 aromatic rings. The van der Waals surface area contributed by atoms with Gasteiger partial charge < -0.3 is 15.2 Å². The highest BCUT2D eigenvalue weighted by Gasteiger charge is 2.21. The van der Waals surface area contributed by atoms with Crippen molar-refractivity contribution < 1.29 is 0 Å². The van der Waals surface area contributed by atoms with Crippen LogP contribution in [-0.2, 0) is 0 Å². The first-order valence-electron chi connectivity index (χ1n) is 6.70. The molecule has 0 spiro atoms. The van der Waals surface area contributed by atoms with Gasteiger partial charge in [0.05, 0.1) is 0 Å². The highest BCUT2D eigenvalue weighted by Crippen LogP contribution is 2.32. The van der Waals surface area contributed by atoms with Crippen LogP contribution >= 0.6 is 0 Å². The van der Waals surface area contributed by atoms with Crippen LogP contribution in [0, 0.1) is 13.8 Å². The fraction of sp³-hybridized carbons (Fsp3) is 0.467. The van der Waals surface area contributed by atoms with Gasteiger partial charge >= 0.3 is 0 Å². The molecule has 1 aliphatic rings. The molecule has 3 rings (SSSR count). The summed E-state index contributed by atoms with van der Waals surface area (Å²) >= 11 is 0. The Morgan fingerprint density at radius 1 is 1.28 bits per heavy atom. The molecule has 1 atom stereocenters. The molecule has 1 saturated heterocycles. The van der Waals surface area contributed by atoms with Crippen molar-refractivity contribution in [1.29, 1.82) is 0 Å². The standard InChI is InChI=1S/C15H21N3/c1-10-11(2)17-13-5-4-6-14(15(10)13)18(3)12-7-8-16-9-12/h4-6,12,16-17H,7-9H2,1-3H3/t12-/m0/s1. The molecule has 0 saturated carbocycles. The Hall–Kier alpha value is -1.48. The molecule has 2 heterocycles. The molecule has 1 aromatic heterocycles. The molecule has 1 aliphatic heterocycles. The maximum Gasteiger partial charge on any atom is 0.0479 e. The summed E-state index contributed by atoms with van der Waals surface area (Å²) < 4.78 is 0. The van der Waals surface area contributed by atoms with Gasteiger partial charge in [0.2, 0.25) is 0 Å². The van der Waals surface area contributed by atoms with E-state index in [0.717, 1.165) is 13.1 Å². The second kappa shape index (κ2) is 4.32. The quantitative estimate of drug-likeness (QED) is 0.849. The normalized spacial score (nSPS) is 19.6. The van der Waals surface area contributed by atoms with Crippen molar-refractivity contribution in [3.05, 3.63) is 29.5 Å². The summed E-state index contributed by atoms with van der Waals surface area (Å²) in [5, 5.41) is 4.82. The van der Waals surface area contributed by atoms with Gasteiger partial charge in [-0.25, -0.2) is 0 Å². The van der Waals surface area contributed by atoms with Gasteiger partial charge in [0.25, 0.3) is 0 Å². The summed E-state index contributed by atoms with van der Waals surface area (Å²) in [4.78, 5) is 5.90. The number of rotatable bonds is 2. The average Bonchev–Trinajstić information content (AvgIpc) is 2.98. The number of hydrogen-bond acceptors (Lipinski definition) is 2. The minimum Gasteiger partial charge on any atom is -0.370 e. The zero-order chi connectivity index (χ0) is 12.7. The largest absolute Gasteiger partial charge is 0.370 e. The van der Waals surface area contributed by atoms with Gasteiger partial charge in [0, 0.05) is 41.9 Å². The van der Waals surface area contributed by atoms with E-state index in [1.165, 1.54) is 34.3 Å². The predicted molar refractivity (Wildman–Crippen MR) is 77.5 cm³/mol. The number of aromatic amines is 1. The lowest BCUT2D eigenvalue weighted by molar-refractivity contribution is 0.687. The molecule has 0 aliphatic carbocycles. The zero-order valence-electron chi connectivity index (χ0n) is 11.4. The molecule has 18 heavy (non-hydrogen) atoms. The highest BCUT2D eigenvalue weighted by molar-refractivity contribution is 5.96. The van der Waals surface area contributed by atoms with Crippen molar-refractivity contribution in [3.63, 3.8) is 0 Å². The second-order valence-electron chi connectivity index (χ2n) is 5.33. The number of aryl methyl sites for hydroxylation is 2. The fourth-order valence-corrected chi connectivity index (χ4v) is 2.98. The second-order valence-corrected chi connectivity index (χ2v) is 5.33. The van der Waals surface area contributed by atoms with E-state index in [9.17, 15) is 0 Å². The number of nitrogens with zero attached hydrogens (tertiary/aromatic N) is 1. The van der Waals surface area contributed by atoms with E-state index in [1.807, 2.05) is 0 Å². The number of benzene rings is 1. The van der Waals surface area contributed by atoms with Crippen LogP contribution < -0.4 is 10.2 Å². The van der Waals surface area contributed by atoms with E-state index < -0.39 is 0 Å². The molecule has 0 unspecified atom stereocenters. The van der Waals surface area contributed by atoms with Gasteiger partial charge in [-0.1, -0.05) is 6.07 Å². The van der Waals surface area contributed by atoms with Crippen molar-refractivity contribution in [3.8, 4) is 0 Å². The summed E-state index contributed by atoms with van der Waals surface area (Å²) in [5.41, 5.74) is 5.25. The first-order chi connectivity index (χ1) is 8.68. The molecule has 0 radical (unpaired) electrons. The number of nitrogens with one attached hydrogen (secondary N) is 2. The summed E-state index contributed by atoms with van der Waals surface area (Å²) in [6.45, 7) is 6.58. The fourth-order valence-electron chi connectivity index (χ4n) is 2.98. The maximum atomic E-state index is 3.47. The molecule has 96 valence electrons. The van der Waals surface area contributed by atoms with Crippen molar-refractivity contribution in [2.45, 2.75) is 26.3 Å². The summed E-state index contributed by atoms with van der Waals surface area (Å²) in [6.07, 6.45) is 1.23. The molecule has 3 nitrogen and oxygen atoms in total. The van der Waals surface area contributed by atoms with Crippen LogP contribution in [0.3, 0.4) is 0 Å². The van der Waals surface area contributed by atoms with Crippen LogP contribution in [-0.4, -0.2) is 31.2 Å². The summed E-state index contributed by atoms with van der Waals surface area (Å²) in [6, 6.07) is 7.16. The van der Waals surface area contributed by atoms with Gasteiger partial charge in [-0.05, 0) is 44.5 Å². The van der Waals surface area contributed by atoms with Crippen LogP contribution in [0.4, 0.5) is 5.69 Å². The first-order valence-corrected chi connectivity index (χ1v) is 6.70. The number of anilines is 1. The van der Waals surface area contributed by atoms with Crippen molar-refractivity contribution in [2.75, 3.05) is 25.0 Å². The monoisotopic (exact) mass is 243 g/mol. The van der Waals surface area contributed by atoms with Crippen LogP contribution in [0.5, 0.6) is 0 Å². The van der Waals surface area contributed by atoms with E-state index >= 15 is 0 Å². The Morgan fingerprint density at radius 2 is 2.11 bits per heavy atom. The third-order valence-corrected chi connectivity index (χ3v) is 4.26. The number of likely N-dealkylation sites (N-methyl/N-ethyl adjacent to an activating group) is 1. The Balaban J connectivity index is 2.10. The molecule has 1 aromatic carbocycles. The summed E-state index contributed by atoms with van der Waals surface area (Å²) in [7, 11) is 2.22. The minimum absolute atomic E-state index is 0.616. The molecule has 2 N–H and O–H groups in total. The molecular weight excluding hydrogens is 222 g/mol. The van der Waals surface area contributed by atoms with Gasteiger partial charge in [-0.3, -0.25) is 0 Å². The van der Waals surface area contributed by atoms with Gasteiger partial charge in [0.1, 0.15) is 0 Å². The molecular formula is C15H21N3. The first kappa shape index (κ1) is 11.6. The van der Waals surface area contributed by atoms with Crippen LogP contribution in [0.25, 0.3) is 10.9 Å². The lowest BCUT2D eigenvalue weighted by Gasteiger charge is -2.27. The van der Waals surface area contributed by atoms with Crippen molar-refractivity contribution in [1.82, 2.24) is 10.3 Å². The summed E-state index contributed by atoms with van der Waals surface area (Å²) in [5.74, 6) is 0. The third-order valence-electron chi connectivity index (χ3n) is 4.26. The maximum absolute atomic E-state index is 3.47. The Kier molecular flexibility index (Phi) is 2.78. The van der Waals surface area contributed by atoms with E-state index in [0.29, 0.717) is 6.04 Å². The highest BCUT2D eigenvalue weighted by atomic mass is 15.2. The van der Waals surface area contributed by atoms with Gasteiger partial charge in [-0.2, -0.15) is 0 Å². The molecule has 0 bridgehead atoms. The number of hydrogen-bond donors (Lipinski definition) is 2. The Bertz CT molecular complexity index is 564. The SMILES string of the molecule is Cc1[nH]c2cccc(N(C)[C@H]3CCNC3)c2c1C. The van der Waals surface area contributed by atoms with Gasteiger partial charge in [-0.15, -0.1) is 0 Å². The topological polar surface area (TPSA) is 31.1 Å². The Labute approximate surface area is 108 Å². The number of H-pyrrole nitrogens is 1. The predicted octanol–water partition coefficient (Wildman–Crippen LogP) is 2.58. The minimum atomic E-state index is 0.616. The van der Waals surface area contributed by atoms with E-state index in [2.05, 4.69) is 54.3 Å². The third kappa shape index (κ3) is 1.70. The molecule has 1 fully saturated rings. The number of aromatic nitrogens is 1. The molecule has 0 amide bonds. The van der Waals surface area contributed by atoms with E-state index in [1.54, 1.807) is 0 Å². The van der Waals surface area contributed by atoms with Crippen LogP contribution in [0.1, 0.15) is 17.7 Å². The average molecular weight is 243 g/mol.